The monoisotopic (exact) mass is 272 g/mol. The summed E-state index contributed by atoms with van der Waals surface area (Å²) in [6.45, 7) is 6.13. The van der Waals surface area contributed by atoms with Crippen LogP contribution in [0.3, 0.4) is 0 Å². The maximum atomic E-state index is 12.3. The standard InChI is InChI=1S/C15H20N4O/c1-4-11-13(16)14(19-18-11)15(20)17-12-8-6-5-7-10(12)9(2)3/h5-9H,4,16H2,1-3H3,(H,17,20)(H,18,19). The topological polar surface area (TPSA) is 83.8 Å². The summed E-state index contributed by atoms with van der Waals surface area (Å²) in [5, 5.41) is 9.67. The SMILES string of the molecule is CCc1[nH]nc(C(=O)Nc2ccccc2C(C)C)c1N. The van der Waals surface area contributed by atoms with E-state index in [0.29, 0.717) is 18.0 Å². The molecule has 0 aliphatic heterocycles. The number of amides is 1. The first-order valence-electron chi connectivity index (χ1n) is 6.77. The summed E-state index contributed by atoms with van der Waals surface area (Å²) in [7, 11) is 0. The highest BCUT2D eigenvalue weighted by Gasteiger charge is 2.17. The molecule has 0 radical (unpaired) electrons. The molecule has 0 aliphatic carbocycles. The third-order valence-electron chi connectivity index (χ3n) is 3.28. The number of nitrogens with one attached hydrogen (secondary N) is 2. The fourth-order valence-electron chi connectivity index (χ4n) is 2.13. The second-order valence-electron chi connectivity index (χ2n) is 5.01. The Bertz CT molecular complexity index is 616. The van der Waals surface area contributed by atoms with E-state index in [9.17, 15) is 4.79 Å². The van der Waals surface area contributed by atoms with E-state index in [4.69, 9.17) is 5.73 Å². The van der Waals surface area contributed by atoms with Crippen LogP contribution in [0.25, 0.3) is 0 Å². The molecule has 0 aliphatic rings. The first-order valence-corrected chi connectivity index (χ1v) is 6.77. The Morgan fingerprint density at radius 3 is 2.70 bits per heavy atom. The molecule has 1 amide bonds. The van der Waals surface area contributed by atoms with E-state index in [1.165, 1.54) is 0 Å². The van der Waals surface area contributed by atoms with Gasteiger partial charge in [0, 0.05) is 5.69 Å². The van der Waals surface area contributed by atoms with Crippen LogP contribution in [0.1, 0.15) is 48.4 Å². The van der Waals surface area contributed by atoms with Crippen molar-refractivity contribution >= 4 is 17.3 Å². The normalized spacial score (nSPS) is 10.8. The summed E-state index contributed by atoms with van der Waals surface area (Å²) in [5.74, 6) is 0.0424. The number of hydrogen-bond donors (Lipinski definition) is 3. The summed E-state index contributed by atoms with van der Waals surface area (Å²) < 4.78 is 0. The maximum absolute atomic E-state index is 12.3. The van der Waals surface area contributed by atoms with Crippen LogP contribution in [0.4, 0.5) is 11.4 Å². The summed E-state index contributed by atoms with van der Waals surface area (Å²) >= 11 is 0. The van der Waals surface area contributed by atoms with Crippen molar-refractivity contribution in [2.45, 2.75) is 33.1 Å². The molecule has 0 spiro atoms. The highest BCUT2D eigenvalue weighted by Crippen LogP contribution is 2.25. The maximum Gasteiger partial charge on any atom is 0.278 e. The smallest absolute Gasteiger partial charge is 0.278 e. The number of carbonyl (C=O) groups is 1. The first-order chi connectivity index (χ1) is 9.54. The minimum absolute atomic E-state index is 0.250. The largest absolute Gasteiger partial charge is 0.395 e. The number of aromatic amines is 1. The first kappa shape index (κ1) is 14.1. The molecule has 0 bridgehead atoms. The molecule has 1 heterocycles. The number of aryl methyl sites for hydroxylation is 1. The number of rotatable bonds is 4. The number of anilines is 2. The van der Waals surface area contributed by atoms with Gasteiger partial charge in [-0.2, -0.15) is 5.10 Å². The van der Waals surface area contributed by atoms with Crippen LogP contribution in [0.2, 0.25) is 0 Å². The lowest BCUT2D eigenvalue weighted by molar-refractivity contribution is 0.102. The number of hydrogen-bond acceptors (Lipinski definition) is 3. The highest BCUT2D eigenvalue weighted by molar-refractivity contribution is 6.06. The van der Waals surface area contributed by atoms with Crippen molar-refractivity contribution in [2.75, 3.05) is 11.1 Å². The lowest BCUT2D eigenvalue weighted by Crippen LogP contribution is -2.15. The third-order valence-corrected chi connectivity index (χ3v) is 3.28. The van der Waals surface area contributed by atoms with Gasteiger partial charge in [-0.15, -0.1) is 0 Å². The van der Waals surface area contributed by atoms with Crippen molar-refractivity contribution in [2.24, 2.45) is 0 Å². The zero-order valence-electron chi connectivity index (χ0n) is 12.0. The lowest BCUT2D eigenvalue weighted by atomic mass is 10.0. The van der Waals surface area contributed by atoms with Crippen LogP contribution in [-0.2, 0) is 6.42 Å². The molecule has 1 aromatic carbocycles. The van der Waals surface area contributed by atoms with Gasteiger partial charge in [0.25, 0.3) is 5.91 Å². The van der Waals surface area contributed by atoms with Crippen LogP contribution in [0.5, 0.6) is 0 Å². The van der Waals surface area contributed by atoms with E-state index in [-0.39, 0.29) is 11.6 Å². The van der Waals surface area contributed by atoms with Gasteiger partial charge in [0.1, 0.15) is 0 Å². The molecule has 20 heavy (non-hydrogen) atoms. The van der Waals surface area contributed by atoms with Crippen LogP contribution in [0.15, 0.2) is 24.3 Å². The van der Waals surface area contributed by atoms with Crippen LogP contribution in [-0.4, -0.2) is 16.1 Å². The fraction of sp³-hybridized carbons (Fsp3) is 0.333. The molecule has 0 unspecified atom stereocenters. The summed E-state index contributed by atoms with van der Waals surface area (Å²) in [4.78, 5) is 12.3. The minimum Gasteiger partial charge on any atom is -0.395 e. The van der Waals surface area contributed by atoms with Gasteiger partial charge in [-0.1, -0.05) is 39.0 Å². The lowest BCUT2D eigenvalue weighted by Gasteiger charge is -2.13. The van der Waals surface area contributed by atoms with Crippen molar-refractivity contribution in [3.8, 4) is 0 Å². The molecular formula is C15H20N4O. The van der Waals surface area contributed by atoms with Gasteiger partial charge >= 0.3 is 0 Å². The molecule has 0 saturated carbocycles. The van der Waals surface area contributed by atoms with Gasteiger partial charge in [0.15, 0.2) is 5.69 Å². The molecule has 4 N–H and O–H groups in total. The van der Waals surface area contributed by atoms with E-state index in [1.54, 1.807) is 0 Å². The second-order valence-corrected chi connectivity index (χ2v) is 5.01. The van der Waals surface area contributed by atoms with Crippen molar-refractivity contribution in [1.29, 1.82) is 0 Å². The molecule has 2 aromatic rings. The number of nitrogens with zero attached hydrogens (tertiary/aromatic N) is 1. The summed E-state index contributed by atoms with van der Waals surface area (Å²) in [6, 6.07) is 7.75. The number of para-hydroxylation sites is 1. The zero-order valence-corrected chi connectivity index (χ0v) is 12.0. The Balaban J connectivity index is 2.26. The van der Waals surface area contributed by atoms with Gasteiger partial charge < -0.3 is 11.1 Å². The quantitative estimate of drug-likeness (QED) is 0.800. The van der Waals surface area contributed by atoms with Crippen molar-refractivity contribution in [3.63, 3.8) is 0 Å². The number of nitrogen functional groups attached to an aromatic ring is 1. The van der Waals surface area contributed by atoms with Crippen LogP contribution < -0.4 is 11.1 Å². The number of H-pyrrole nitrogens is 1. The van der Waals surface area contributed by atoms with Crippen molar-refractivity contribution in [3.05, 3.63) is 41.2 Å². The van der Waals surface area contributed by atoms with Gasteiger partial charge in [-0.3, -0.25) is 9.89 Å². The molecule has 0 saturated heterocycles. The van der Waals surface area contributed by atoms with Gasteiger partial charge in [-0.25, -0.2) is 0 Å². The van der Waals surface area contributed by atoms with Crippen molar-refractivity contribution in [1.82, 2.24) is 10.2 Å². The Morgan fingerprint density at radius 1 is 1.40 bits per heavy atom. The Labute approximate surface area is 118 Å². The van der Waals surface area contributed by atoms with E-state index in [1.807, 2.05) is 31.2 Å². The fourth-order valence-corrected chi connectivity index (χ4v) is 2.13. The van der Waals surface area contributed by atoms with Gasteiger partial charge in [0.2, 0.25) is 0 Å². The molecular weight excluding hydrogens is 252 g/mol. The number of carbonyl (C=O) groups excluding carboxylic acids is 1. The Hall–Kier alpha value is -2.30. The molecule has 106 valence electrons. The van der Waals surface area contributed by atoms with E-state index in [0.717, 1.165) is 16.9 Å². The molecule has 0 fully saturated rings. The molecule has 5 nitrogen and oxygen atoms in total. The minimum atomic E-state index is -0.286. The van der Waals surface area contributed by atoms with E-state index >= 15 is 0 Å². The third kappa shape index (κ3) is 2.66. The summed E-state index contributed by atoms with van der Waals surface area (Å²) in [6.07, 6.45) is 0.717. The predicted molar refractivity (Wildman–Crippen MR) is 80.9 cm³/mol. The van der Waals surface area contributed by atoms with E-state index in [2.05, 4.69) is 29.4 Å². The highest BCUT2D eigenvalue weighted by atomic mass is 16.2. The summed E-state index contributed by atoms with van der Waals surface area (Å²) in [5.41, 5.74) is 9.26. The van der Waals surface area contributed by atoms with Gasteiger partial charge in [0.05, 0.1) is 11.4 Å². The number of benzene rings is 1. The number of nitrogens with two attached hydrogens (primary N) is 1. The Morgan fingerprint density at radius 2 is 2.10 bits per heavy atom. The number of aromatic nitrogens is 2. The van der Waals surface area contributed by atoms with Gasteiger partial charge in [-0.05, 0) is 24.0 Å². The Kier molecular flexibility index (Phi) is 4.08. The van der Waals surface area contributed by atoms with E-state index < -0.39 is 0 Å². The molecule has 2 rings (SSSR count). The predicted octanol–water partition coefficient (Wildman–Crippen LogP) is 2.93. The molecule has 5 heteroatoms. The van der Waals surface area contributed by atoms with Crippen molar-refractivity contribution < 1.29 is 4.79 Å². The zero-order chi connectivity index (χ0) is 14.7. The van der Waals surface area contributed by atoms with Crippen LogP contribution in [0, 0.1) is 0 Å². The van der Waals surface area contributed by atoms with Crippen LogP contribution >= 0.6 is 0 Å². The molecule has 1 aromatic heterocycles. The molecule has 0 atom stereocenters. The second kappa shape index (κ2) is 5.77. The average Bonchev–Trinajstić information content (AvgIpc) is 2.80. The average molecular weight is 272 g/mol.